The fourth-order valence-corrected chi connectivity index (χ4v) is 3.31. The molecule has 122 valence electrons. The molecule has 0 unspecified atom stereocenters. The molecule has 0 aromatic heterocycles. The van der Waals surface area contributed by atoms with Crippen molar-refractivity contribution >= 4 is 0 Å². The Hall–Kier alpha value is -1.88. The van der Waals surface area contributed by atoms with E-state index in [1.54, 1.807) is 12.1 Å². The van der Waals surface area contributed by atoms with Crippen LogP contribution in [0.2, 0.25) is 0 Å². The van der Waals surface area contributed by atoms with Gasteiger partial charge in [-0.05, 0) is 30.5 Å². The van der Waals surface area contributed by atoms with Crippen molar-refractivity contribution in [1.29, 1.82) is 0 Å². The van der Waals surface area contributed by atoms with Gasteiger partial charge in [-0.15, -0.1) is 0 Å². The molecule has 1 aliphatic carbocycles. The molecule has 2 aromatic rings. The van der Waals surface area contributed by atoms with E-state index < -0.39 is 28.9 Å². The summed E-state index contributed by atoms with van der Waals surface area (Å²) in [6, 6.07) is 11.2. The first-order valence-electron chi connectivity index (χ1n) is 7.55. The Kier molecular flexibility index (Phi) is 3.92. The van der Waals surface area contributed by atoms with Crippen LogP contribution in [-0.2, 0) is 11.8 Å². The summed E-state index contributed by atoms with van der Waals surface area (Å²) in [5, 5.41) is 0. The van der Waals surface area contributed by atoms with Crippen LogP contribution in [0.4, 0.5) is 17.6 Å². The van der Waals surface area contributed by atoms with Crippen molar-refractivity contribution in [2.24, 2.45) is 5.73 Å². The zero-order valence-electron chi connectivity index (χ0n) is 12.4. The SMILES string of the molecule is NCCCC1c2ccccc2C(F)(F)C(F)(F)c2ccccc21. The van der Waals surface area contributed by atoms with Gasteiger partial charge in [0.2, 0.25) is 0 Å². The third-order valence-corrected chi connectivity index (χ3v) is 4.44. The molecule has 0 atom stereocenters. The number of hydrogen-bond acceptors (Lipinski definition) is 1. The van der Waals surface area contributed by atoms with Crippen molar-refractivity contribution in [3.63, 3.8) is 0 Å². The first-order chi connectivity index (χ1) is 10.9. The largest absolute Gasteiger partial charge is 0.340 e. The van der Waals surface area contributed by atoms with Crippen LogP contribution in [0.1, 0.15) is 41.0 Å². The van der Waals surface area contributed by atoms with Gasteiger partial charge in [0.05, 0.1) is 0 Å². The van der Waals surface area contributed by atoms with Crippen LogP contribution in [-0.4, -0.2) is 6.54 Å². The minimum atomic E-state index is -4.25. The van der Waals surface area contributed by atoms with Gasteiger partial charge >= 0.3 is 11.8 Å². The van der Waals surface area contributed by atoms with E-state index in [-0.39, 0.29) is 11.1 Å². The van der Waals surface area contributed by atoms with E-state index in [1.807, 2.05) is 0 Å². The van der Waals surface area contributed by atoms with Gasteiger partial charge in [0.1, 0.15) is 0 Å². The Balaban J connectivity index is 2.32. The van der Waals surface area contributed by atoms with Crippen molar-refractivity contribution in [3.8, 4) is 0 Å². The highest BCUT2D eigenvalue weighted by atomic mass is 19.3. The van der Waals surface area contributed by atoms with Crippen LogP contribution in [0.25, 0.3) is 0 Å². The fourth-order valence-electron chi connectivity index (χ4n) is 3.31. The van der Waals surface area contributed by atoms with Crippen LogP contribution >= 0.6 is 0 Å². The standard InChI is InChI=1S/C18H17F4N/c19-17(20)15-9-3-1-6-13(15)12(8-5-11-23)14-7-2-4-10-16(14)18(17,21)22/h1-4,6-7,9-10,12H,5,8,11,23H2. The smallest absolute Gasteiger partial charge is 0.330 e. The van der Waals surface area contributed by atoms with Crippen molar-refractivity contribution in [1.82, 2.24) is 0 Å². The summed E-state index contributed by atoms with van der Waals surface area (Å²) in [5.41, 5.74) is 4.87. The molecule has 0 saturated carbocycles. The van der Waals surface area contributed by atoms with Crippen molar-refractivity contribution < 1.29 is 17.6 Å². The summed E-state index contributed by atoms with van der Waals surface area (Å²) in [4.78, 5) is 0. The summed E-state index contributed by atoms with van der Waals surface area (Å²) < 4.78 is 58.5. The zero-order valence-corrected chi connectivity index (χ0v) is 12.4. The monoisotopic (exact) mass is 323 g/mol. The van der Waals surface area contributed by atoms with Gasteiger partial charge in [-0.25, -0.2) is 0 Å². The Bertz CT molecular complexity index is 654. The molecule has 1 aliphatic rings. The number of rotatable bonds is 3. The number of hydrogen-bond donors (Lipinski definition) is 1. The Morgan fingerprint density at radius 2 is 1.22 bits per heavy atom. The summed E-state index contributed by atoms with van der Waals surface area (Å²) in [5.74, 6) is -9.01. The highest BCUT2D eigenvalue weighted by Crippen LogP contribution is 2.56. The number of benzene rings is 2. The second-order valence-corrected chi connectivity index (χ2v) is 5.81. The molecule has 0 radical (unpaired) electrons. The van der Waals surface area contributed by atoms with Gasteiger partial charge in [-0.2, -0.15) is 17.6 Å². The molecule has 0 bridgehead atoms. The van der Waals surface area contributed by atoms with E-state index in [1.165, 1.54) is 24.3 Å². The quantitative estimate of drug-likeness (QED) is 0.810. The second kappa shape index (κ2) is 5.64. The molecule has 0 fully saturated rings. The van der Waals surface area contributed by atoms with Crippen molar-refractivity contribution in [2.75, 3.05) is 6.54 Å². The zero-order chi connectivity index (χ0) is 16.7. The van der Waals surface area contributed by atoms with E-state index in [2.05, 4.69) is 0 Å². The number of nitrogens with two attached hydrogens (primary N) is 1. The molecule has 3 rings (SSSR count). The topological polar surface area (TPSA) is 26.0 Å². The number of alkyl halides is 4. The van der Waals surface area contributed by atoms with Crippen LogP contribution in [0.15, 0.2) is 48.5 Å². The lowest BCUT2D eigenvalue weighted by Gasteiger charge is -2.26. The summed E-state index contributed by atoms with van der Waals surface area (Å²) in [6.45, 7) is 0.383. The number of halogens is 4. The third kappa shape index (κ3) is 2.34. The summed E-state index contributed by atoms with van der Waals surface area (Å²) in [6.07, 6.45) is 1.03. The van der Waals surface area contributed by atoms with Gasteiger partial charge in [-0.1, -0.05) is 48.5 Å². The van der Waals surface area contributed by atoms with Crippen molar-refractivity contribution in [3.05, 3.63) is 70.8 Å². The molecular formula is C18H17F4N. The number of fused-ring (bicyclic) bond motifs is 2. The molecule has 0 spiro atoms. The first kappa shape index (κ1) is 16.0. The second-order valence-electron chi connectivity index (χ2n) is 5.81. The van der Waals surface area contributed by atoms with Gasteiger partial charge < -0.3 is 5.73 Å². The minimum absolute atomic E-state index is 0.260. The Labute approximate surface area is 132 Å². The molecule has 2 aromatic carbocycles. The van der Waals surface area contributed by atoms with E-state index in [9.17, 15) is 17.6 Å². The summed E-state index contributed by atoms with van der Waals surface area (Å²) >= 11 is 0. The maximum Gasteiger partial charge on any atom is 0.340 e. The van der Waals surface area contributed by atoms with Crippen LogP contribution in [0.3, 0.4) is 0 Å². The summed E-state index contributed by atoms with van der Waals surface area (Å²) in [7, 11) is 0. The average Bonchev–Trinajstić information content (AvgIpc) is 2.60. The predicted molar refractivity (Wildman–Crippen MR) is 80.8 cm³/mol. The molecule has 0 aliphatic heterocycles. The van der Waals surface area contributed by atoms with E-state index in [0.29, 0.717) is 19.4 Å². The lowest BCUT2D eigenvalue weighted by Crippen LogP contribution is -2.35. The maximum atomic E-state index is 14.6. The first-order valence-corrected chi connectivity index (χ1v) is 7.55. The predicted octanol–water partition coefficient (Wildman–Crippen LogP) is 4.75. The van der Waals surface area contributed by atoms with Gasteiger partial charge in [0.25, 0.3) is 0 Å². The molecular weight excluding hydrogens is 306 g/mol. The molecule has 0 amide bonds. The van der Waals surface area contributed by atoms with Gasteiger partial charge in [-0.3, -0.25) is 0 Å². The van der Waals surface area contributed by atoms with E-state index in [0.717, 1.165) is 12.1 Å². The lowest BCUT2D eigenvalue weighted by atomic mass is 9.84. The molecule has 0 saturated heterocycles. The van der Waals surface area contributed by atoms with E-state index >= 15 is 0 Å². The molecule has 2 N–H and O–H groups in total. The van der Waals surface area contributed by atoms with Crippen LogP contribution < -0.4 is 5.73 Å². The van der Waals surface area contributed by atoms with E-state index in [4.69, 9.17) is 5.73 Å². The normalized spacial score (nSPS) is 18.8. The Morgan fingerprint density at radius 1 is 0.783 bits per heavy atom. The Morgan fingerprint density at radius 3 is 1.65 bits per heavy atom. The minimum Gasteiger partial charge on any atom is -0.330 e. The molecule has 5 heteroatoms. The highest BCUT2D eigenvalue weighted by molar-refractivity contribution is 5.49. The highest BCUT2D eigenvalue weighted by Gasteiger charge is 2.61. The van der Waals surface area contributed by atoms with Crippen molar-refractivity contribution in [2.45, 2.75) is 30.6 Å². The fraction of sp³-hybridized carbons (Fsp3) is 0.333. The third-order valence-electron chi connectivity index (χ3n) is 4.44. The van der Waals surface area contributed by atoms with Crippen LogP contribution in [0, 0.1) is 0 Å². The average molecular weight is 323 g/mol. The lowest BCUT2D eigenvalue weighted by molar-refractivity contribution is -0.223. The molecule has 0 heterocycles. The van der Waals surface area contributed by atoms with Crippen LogP contribution in [0.5, 0.6) is 0 Å². The van der Waals surface area contributed by atoms with Gasteiger partial charge in [0, 0.05) is 17.0 Å². The van der Waals surface area contributed by atoms with Gasteiger partial charge in [0.15, 0.2) is 0 Å². The maximum absolute atomic E-state index is 14.6. The molecule has 1 nitrogen and oxygen atoms in total. The molecule has 23 heavy (non-hydrogen) atoms.